The van der Waals surface area contributed by atoms with Crippen molar-refractivity contribution in [3.05, 3.63) is 41.7 Å². The Morgan fingerprint density at radius 3 is 2.55 bits per heavy atom. The van der Waals surface area contributed by atoms with Gasteiger partial charge < -0.3 is 10.1 Å². The zero-order valence-corrected chi connectivity index (χ0v) is 12.3. The van der Waals surface area contributed by atoms with E-state index in [0.717, 1.165) is 18.0 Å². The number of anilines is 1. The molecule has 0 bridgehead atoms. The number of aromatic nitrogens is 2. The van der Waals surface area contributed by atoms with Gasteiger partial charge in [0.05, 0.1) is 0 Å². The van der Waals surface area contributed by atoms with Gasteiger partial charge in [-0.25, -0.2) is 4.98 Å². The molecule has 4 heteroatoms. The van der Waals surface area contributed by atoms with Gasteiger partial charge in [-0.1, -0.05) is 25.5 Å². The maximum Gasteiger partial charge on any atom is 0.224 e. The van der Waals surface area contributed by atoms with E-state index in [1.165, 1.54) is 18.4 Å². The van der Waals surface area contributed by atoms with Crippen molar-refractivity contribution in [2.45, 2.75) is 33.1 Å². The fraction of sp³-hybridized carbons (Fsp3) is 0.375. The van der Waals surface area contributed by atoms with E-state index in [1.54, 1.807) is 6.07 Å². The number of hydrogen-bond acceptors (Lipinski definition) is 4. The van der Waals surface area contributed by atoms with E-state index in [1.807, 2.05) is 26.1 Å². The Kier molecular flexibility index (Phi) is 4.93. The normalized spacial score (nSPS) is 10.3. The number of aryl methyl sites for hydroxylation is 2. The number of benzene rings is 1. The lowest BCUT2D eigenvalue weighted by Gasteiger charge is -2.08. The third-order valence-corrected chi connectivity index (χ3v) is 3.04. The zero-order chi connectivity index (χ0) is 14.4. The highest BCUT2D eigenvalue weighted by Gasteiger charge is 2.03. The van der Waals surface area contributed by atoms with E-state index >= 15 is 0 Å². The molecule has 0 spiro atoms. The molecular weight excluding hydrogens is 250 g/mol. The van der Waals surface area contributed by atoms with Crippen molar-refractivity contribution in [1.82, 2.24) is 9.97 Å². The number of rotatable bonds is 6. The predicted octanol–water partition coefficient (Wildman–Crippen LogP) is 3.96. The fourth-order valence-corrected chi connectivity index (χ4v) is 1.95. The molecule has 0 aliphatic heterocycles. The first-order valence-electron chi connectivity index (χ1n) is 7.01. The van der Waals surface area contributed by atoms with Crippen LogP contribution in [0.5, 0.6) is 11.6 Å². The van der Waals surface area contributed by atoms with E-state index in [4.69, 9.17) is 4.74 Å². The van der Waals surface area contributed by atoms with E-state index in [-0.39, 0.29) is 0 Å². The Labute approximate surface area is 120 Å². The van der Waals surface area contributed by atoms with Crippen LogP contribution in [0.3, 0.4) is 0 Å². The average molecular weight is 271 g/mol. The molecule has 0 saturated heterocycles. The molecule has 1 N–H and O–H groups in total. The molecule has 0 unspecified atom stereocenters. The first kappa shape index (κ1) is 14.3. The van der Waals surface area contributed by atoms with Crippen LogP contribution < -0.4 is 10.1 Å². The first-order chi connectivity index (χ1) is 9.71. The first-order valence-corrected chi connectivity index (χ1v) is 7.01. The summed E-state index contributed by atoms with van der Waals surface area (Å²) in [5.41, 5.74) is 1.34. The van der Waals surface area contributed by atoms with Gasteiger partial charge in [-0.05, 0) is 37.5 Å². The molecule has 0 radical (unpaired) electrons. The molecule has 20 heavy (non-hydrogen) atoms. The predicted molar refractivity (Wildman–Crippen MR) is 81.4 cm³/mol. The van der Waals surface area contributed by atoms with Crippen LogP contribution in [-0.2, 0) is 6.42 Å². The van der Waals surface area contributed by atoms with Gasteiger partial charge in [-0.3, -0.25) is 0 Å². The lowest BCUT2D eigenvalue weighted by molar-refractivity contribution is 0.460. The van der Waals surface area contributed by atoms with Crippen molar-refractivity contribution in [1.29, 1.82) is 0 Å². The molecular formula is C16H21N3O. The summed E-state index contributed by atoms with van der Waals surface area (Å²) in [7, 11) is 1.83. The summed E-state index contributed by atoms with van der Waals surface area (Å²) in [6.45, 7) is 4.05. The highest BCUT2D eigenvalue weighted by Crippen LogP contribution is 2.22. The summed E-state index contributed by atoms with van der Waals surface area (Å²) in [6, 6.07) is 9.98. The largest absolute Gasteiger partial charge is 0.439 e. The van der Waals surface area contributed by atoms with E-state index in [0.29, 0.717) is 11.7 Å². The highest BCUT2D eigenvalue weighted by atomic mass is 16.5. The van der Waals surface area contributed by atoms with Crippen LogP contribution in [0.4, 0.5) is 5.82 Å². The fourth-order valence-electron chi connectivity index (χ4n) is 1.95. The quantitative estimate of drug-likeness (QED) is 0.863. The Morgan fingerprint density at radius 1 is 1.15 bits per heavy atom. The number of unbranched alkanes of at least 4 members (excludes halogenated alkanes) is 1. The van der Waals surface area contributed by atoms with E-state index in [9.17, 15) is 0 Å². The third-order valence-electron chi connectivity index (χ3n) is 3.04. The van der Waals surface area contributed by atoms with Crippen LogP contribution in [0.25, 0.3) is 0 Å². The minimum Gasteiger partial charge on any atom is -0.439 e. The molecule has 1 aromatic heterocycles. The molecule has 0 fully saturated rings. The number of nitrogens with zero attached hydrogens (tertiary/aromatic N) is 2. The topological polar surface area (TPSA) is 47.0 Å². The van der Waals surface area contributed by atoms with Crippen molar-refractivity contribution in [3.63, 3.8) is 0 Å². The molecule has 2 rings (SSSR count). The van der Waals surface area contributed by atoms with Crippen molar-refractivity contribution >= 4 is 5.82 Å². The Balaban J connectivity index is 2.07. The molecule has 0 saturated carbocycles. The smallest absolute Gasteiger partial charge is 0.224 e. The van der Waals surface area contributed by atoms with Gasteiger partial charge in [0.2, 0.25) is 5.88 Å². The maximum absolute atomic E-state index is 5.77. The van der Waals surface area contributed by atoms with Gasteiger partial charge in [-0.2, -0.15) is 4.98 Å². The maximum atomic E-state index is 5.77. The minimum absolute atomic E-state index is 0.558. The van der Waals surface area contributed by atoms with Crippen LogP contribution in [0.15, 0.2) is 30.3 Å². The molecule has 4 nitrogen and oxygen atoms in total. The van der Waals surface area contributed by atoms with Crippen molar-refractivity contribution in [2.24, 2.45) is 0 Å². The van der Waals surface area contributed by atoms with Crippen LogP contribution in [0.2, 0.25) is 0 Å². The second-order valence-corrected chi connectivity index (χ2v) is 4.74. The Bertz CT molecular complexity index is 552. The molecule has 106 valence electrons. The highest BCUT2D eigenvalue weighted by molar-refractivity contribution is 5.39. The van der Waals surface area contributed by atoms with Crippen LogP contribution in [-0.4, -0.2) is 17.0 Å². The molecule has 0 aliphatic carbocycles. The minimum atomic E-state index is 0.558. The summed E-state index contributed by atoms with van der Waals surface area (Å²) < 4.78 is 5.77. The molecule has 2 aromatic rings. The van der Waals surface area contributed by atoms with E-state index in [2.05, 4.69) is 34.3 Å². The summed E-state index contributed by atoms with van der Waals surface area (Å²) in [5, 5.41) is 3.00. The van der Waals surface area contributed by atoms with Gasteiger partial charge in [0, 0.05) is 13.1 Å². The summed E-state index contributed by atoms with van der Waals surface area (Å²) >= 11 is 0. The summed E-state index contributed by atoms with van der Waals surface area (Å²) in [5.74, 6) is 2.80. The van der Waals surface area contributed by atoms with Crippen molar-refractivity contribution < 1.29 is 4.74 Å². The number of nitrogens with one attached hydrogen (secondary N) is 1. The van der Waals surface area contributed by atoms with Gasteiger partial charge in [-0.15, -0.1) is 0 Å². The summed E-state index contributed by atoms with van der Waals surface area (Å²) in [6.07, 6.45) is 3.55. The van der Waals surface area contributed by atoms with Gasteiger partial charge in [0.1, 0.15) is 17.4 Å². The SMILES string of the molecule is CCCCc1ccc(Oc2cc(NC)nc(C)n2)cc1. The average Bonchev–Trinajstić information content (AvgIpc) is 2.46. The number of ether oxygens (including phenoxy) is 1. The lowest BCUT2D eigenvalue weighted by Crippen LogP contribution is -1.98. The number of hydrogen-bond donors (Lipinski definition) is 1. The second kappa shape index (κ2) is 6.89. The zero-order valence-electron chi connectivity index (χ0n) is 12.3. The second-order valence-electron chi connectivity index (χ2n) is 4.74. The monoisotopic (exact) mass is 271 g/mol. The van der Waals surface area contributed by atoms with Crippen LogP contribution in [0, 0.1) is 6.92 Å². The lowest BCUT2D eigenvalue weighted by atomic mass is 10.1. The molecule has 0 atom stereocenters. The van der Waals surface area contributed by atoms with Crippen molar-refractivity contribution in [3.8, 4) is 11.6 Å². The van der Waals surface area contributed by atoms with Gasteiger partial charge >= 0.3 is 0 Å². The molecule has 1 heterocycles. The molecule has 0 aliphatic rings. The van der Waals surface area contributed by atoms with Gasteiger partial charge in [0.15, 0.2) is 0 Å². The van der Waals surface area contributed by atoms with E-state index < -0.39 is 0 Å². The van der Waals surface area contributed by atoms with Gasteiger partial charge in [0.25, 0.3) is 0 Å². The van der Waals surface area contributed by atoms with Crippen LogP contribution in [0.1, 0.15) is 31.2 Å². The van der Waals surface area contributed by atoms with Crippen LogP contribution >= 0.6 is 0 Å². The molecule has 0 amide bonds. The standard InChI is InChI=1S/C16H21N3O/c1-4-5-6-13-7-9-14(10-8-13)20-16-11-15(17-3)18-12(2)19-16/h7-11H,4-6H2,1-3H3,(H,17,18,19). The third kappa shape index (κ3) is 3.95. The Morgan fingerprint density at radius 2 is 1.90 bits per heavy atom. The Hall–Kier alpha value is -2.10. The summed E-state index contributed by atoms with van der Waals surface area (Å²) in [4.78, 5) is 8.52. The van der Waals surface area contributed by atoms with Crippen molar-refractivity contribution in [2.75, 3.05) is 12.4 Å². The molecule has 1 aromatic carbocycles.